The van der Waals surface area contributed by atoms with Gasteiger partial charge in [0.2, 0.25) is 0 Å². The number of nitrogens with zero attached hydrogens (tertiary/aromatic N) is 1. The third-order valence-corrected chi connectivity index (χ3v) is 2.55. The molecule has 1 unspecified atom stereocenters. The number of alkyl halides is 1. The fourth-order valence-electron chi connectivity index (χ4n) is 0.962. The van der Waals surface area contributed by atoms with Crippen LogP contribution in [0.3, 0.4) is 0 Å². The number of hydrogen-bond acceptors (Lipinski definition) is 2. The Morgan fingerprint density at radius 1 is 1.43 bits per heavy atom. The Bertz CT molecular complexity index is 288. The fraction of sp³-hybridized carbons (Fsp3) is 0.545. The van der Waals surface area contributed by atoms with Crippen LogP contribution in [0.25, 0.3) is 0 Å². The lowest BCUT2D eigenvalue weighted by atomic mass is 10.1. The van der Waals surface area contributed by atoms with E-state index in [2.05, 4.69) is 25.8 Å². The van der Waals surface area contributed by atoms with Crippen molar-refractivity contribution in [2.45, 2.75) is 32.8 Å². The van der Waals surface area contributed by atoms with Crippen molar-refractivity contribution in [1.29, 1.82) is 0 Å². The molecule has 0 fully saturated rings. The monoisotopic (exact) mass is 213 g/mol. The molecule has 0 saturated carbocycles. The SMILES string of the molecule is CC(C)C(C)Oc1cnccc1CCl. The average molecular weight is 214 g/mol. The number of ether oxygens (including phenoxy) is 1. The molecule has 1 aromatic heterocycles. The van der Waals surface area contributed by atoms with Gasteiger partial charge < -0.3 is 4.74 Å². The molecular formula is C11H16ClNO. The van der Waals surface area contributed by atoms with Gasteiger partial charge in [0.05, 0.1) is 18.2 Å². The van der Waals surface area contributed by atoms with Gasteiger partial charge in [0.15, 0.2) is 0 Å². The van der Waals surface area contributed by atoms with Gasteiger partial charge in [-0.1, -0.05) is 13.8 Å². The lowest BCUT2D eigenvalue weighted by molar-refractivity contribution is 0.168. The number of pyridine rings is 1. The van der Waals surface area contributed by atoms with E-state index >= 15 is 0 Å². The van der Waals surface area contributed by atoms with Gasteiger partial charge in [-0.25, -0.2) is 0 Å². The van der Waals surface area contributed by atoms with E-state index in [1.54, 1.807) is 12.4 Å². The zero-order chi connectivity index (χ0) is 10.6. The topological polar surface area (TPSA) is 22.1 Å². The first-order valence-corrected chi connectivity index (χ1v) is 5.34. The van der Waals surface area contributed by atoms with Crippen molar-refractivity contribution in [1.82, 2.24) is 4.98 Å². The normalized spacial score (nSPS) is 12.9. The minimum Gasteiger partial charge on any atom is -0.489 e. The summed E-state index contributed by atoms with van der Waals surface area (Å²) in [4.78, 5) is 4.02. The van der Waals surface area contributed by atoms with Crippen LogP contribution in [0.15, 0.2) is 18.5 Å². The molecule has 1 aromatic rings. The molecule has 78 valence electrons. The standard InChI is InChI=1S/C11H16ClNO/c1-8(2)9(3)14-11-7-13-5-4-10(11)6-12/h4-5,7-9H,6H2,1-3H3. The highest BCUT2D eigenvalue weighted by atomic mass is 35.5. The lowest BCUT2D eigenvalue weighted by Crippen LogP contribution is -2.19. The van der Waals surface area contributed by atoms with E-state index in [-0.39, 0.29) is 6.10 Å². The summed E-state index contributed by atoms with van der Waals surface area (Å²) in [7, 11) is 0. The molecule has 0 bridgehead atoms. The van der Waals surface area contributed by atoms with E-state index in [0.29, 0.717) is 11.8 Å². The minimum absolute atomic E-state index is 0.182. The predicted octanol–water partition coefficient (Wildman–Crippen LogP) is 3.24. The first-order valence-electron chi connectivity index (χ1n) is 4.80. The van der Waals surface area contributed by atoms with Crippen molar-refractivity contribution in [2.24, 2.45) is 5.92 Å². The molecule has 1 atom stereocenters. The molecule has 0 aromatic carbocycles. The van der Waals surface area contributed by atoms with Gasteiger partial charge in [0.25, 0.3) is 0 Å². The Morgan fingerprint density at radius 2 is 2.14 bits per heavy atom. The number of hydrogen-bond donors (Lipinski definition) is 0. The molecule has 0 amide bonds. The number of aromatic nitrogens is 1. The molecule has 0 N–H and O–H groups in total. The van der Waals surface area contributed by atoms with Crippen molar-refractivity contribution in [3.05, 3.63) is 24.0 Å². The van der Waals surface area contributed by atoms with Crippen LogP contribution in [0.4, 0.5) is 0 Å². The molecule has 0 aliphatic rings. The summed E-state index contributed by atoms with van der Waals surface area (Å²) in [5, 5.41) is 0. The lowest BCUT2D eigenvalue weighted by Gasteiger charge is -2.19. The van der Waals surface area contributed by atoms with Crippen LogP contribution in [0.5, 0.6) is 5.75 Å². The maximum absolute atomic E-state index is 5.79. The molecule has 14 heavy (non-hydrogen) atoms. The molecule has 2 nitrogen and oxygen atoms in total. The summed E-state index contributed by atoms with van der Waals surface area (Å²) in [5.41, 5.74) is 0.995. The van der Waals surface area contributed by atoms with Gasteiger partial charge in [0.1, 0.15) is 5.75 Å². The summed E-state index contributed by atoms with van der Waals surface area (Å²) in [6, 6.07) is 1.88. The van der Waals surface area contributed by atoms with E-state index in [4.69, 9.17) is 16.3 Å². The second-order valence-electron chi connectivity index (χ2n) is 3.68. The summed E-state index contributed by atoms with van der Waals surface area (Å²) in [6.07, 6.45) is 3.63. The first kappa shape index (κ1) is 11.3. The number of halogens is 1. The second-order valence-corrected chi connectivity index (χ2v) is 3.95. The van der Waals surface area contributed by atoms with E-state index in [0.717, 1.165) is 11.3 Å². The number of rotatable bonds is 4. The minimum atomic E-state index is 0.182. The molecule has 0 aliphatic carbocycles. The van der Waals surface area contributed by atoms with E-state index in [1.807, 2.05) is 6.07 Å². The van der Waals surface area contributed by atoms with Gasteiger partial charge in [-0.3, -0.25) is 4.98 Å². The molecule has 0 spiro atoms. The molecule has 0 radical (unpaired) electrons. The maximum Gasteiger partial charge on any atom is 0.142 e. The van der Waals surface area contributed by atoms with Gasteiger partial charge in [-0.05, 0) is 18.9 Å². The van der Waals surface area contributed by atoms with E-state index in [1.165, 1.54) is 0 Å². The van der Waals surface area contributed by atoms with Crippen LogP contribution in [0, 0.1) is 5.92 Å². The van der Waals surface area contributed by atoms with Crippen molar-refractivity contribution in [3.63, 3.8) is 0 Å². The third-order valence-electron chi connectivity index (χ3n) is 2.27. The summed E-state index contributed by atoms with van der Waals surface area (Å²) in [5.74, 6) is 1.74. The van der Waals surface area contributed by atoms with Crippen LogP contribution < -0.4 is 4.74 Å². The van der Waals surface area contributed by atoms with Crippen molar-refractivity contribution < 1.29 is 4.74 Å². The molecule has 1 rings (SSSR count). The van der Waals surface area contributed by atoms with Gasteiger partial charge in [0, 0.05) is 11.8 Å². The third kappa shape index (κ3) is 2.88. The van der Waals surface area contributed by atoms with Crippen LogP contribution >= 0.6 is 11.6 Å². The Hall–Kier alpha value is -0.760. The van der Waals surface area contributed by atoms with Gasteiger partial charge in [-0.2, -0.15) is 0 Å². The Labute approximate surface area is 90.3 Å². The Balaban J connectivity index is 2.75. The summed E-state index contributed by atoms with van der Waals surface area (Å²) >= 11 is 5.79. The zero-order valence-corrected chi connectivity index (χ0v) is 9.58. The van der Waals surface area contributed by atoms with Crippen molar-refractivity contribution in [2.75, 3.05) is 0 Å². The molecule has 3 heteroatoms. The van der Waals surface area contributed by atoms with E-state index < -0.39 is 0 Å². The molecule has 0 aliphatic heterocycles. The Kier molecular flexibility index (Phi) is 4.21. The highest BCUT2D eigenvalue weighted by Crippen LogP contribution is 2.21. The summed E-state index contributed by atoms with van der Waals surface area (Å²) < 4.78 is 5.75. The molecule has 0 saturated heterocycles. The fourth-order valence-corrected chi connectivity index (χ4v) is 1.18. The summed E-state index contributed by atoms with van der Waals surface area (Å²) in [6.45, 7) is 6.30. The zero-order valence-electron chi connectivity index (χ0n) is 8.83. The second kappa shape index (κ2) is 5.20. The van der Waals surface area contributed by atoms with Crippen molar-refractivity contribution >= 4 is 11.6 Å². The highest BCUT2D eigenvalue weighted by Gasteiger charge is 2.10. The van der Waals surface area contributed by atoms with E-state index in [9.17, 15) is 0 Å². The van der Waals surface area contributed by atoms with Gasteiger partial charge >= 0.3 is 0 Å². The average Bonchev–Trinajstić information content (AvgIpc) is 2.18. The smallest absolute Gasteiger partial charge is 0.142 e. The highest BCUT2D eigenvalue weighted by molar-refractivity contribution is 6.17. The van der Waals surface area contributed by atoms with Crippen LogP contribution in [-0.4, -0.2) is 11.1 Å². The Morgan fingerprint density at radius 3 is 2.71 bits per heavy atom. The van der Waals surface area contributed by atoms with Crippen LogP contribution in [0.1, 0.15) is 26.3 Å². The van der Waals surface area contributed by atoms with Gasteiger partial charge in [-0.15, -0.1) is 11.6 Å². The molecular weight excluding hydrogens is 198 g/mol. The largest absolute Gasteiger partial charge is 0.489 e. The van der Waals surface area contributed by atoms with Crippen LogP contribution in [-0.2, 0) is 5.88 Å². The predicted molar refractivity (Wildman–Crippen MR) is 58.7 cm³/mol. The maximum atomic E-state index is 5.79. The quantitative estimate of drug-likeness (QED) is 0.717. The first-order chi connectivity index (χ1) is 6.65. The van der Waals surface area contributed by atoms with Crippen LogP contribution in [0.2, 0.25) is 0 Å². The van der Waals surface area contributed by atoms with Crippen molar-refractivity contribution in [3.8, 4) is 5.75 Å². The molecule has 1 heterocycles.